The smallest absolute Gasteiger partial charge is 0.365 e. The van der Waals surface area contributed by atoms with Crippen molar-refractivity contribution in [2.45, 2.75) is 6.42 Å². The molecule has 2 aromatic carbocycles. The van der Waals surface area contributed by atoms with Crippen molar-refractivity contribution >= 4 is 23.2 Å². The number of morpholine rings is 1. The number of allylic oxidation sites excluding steroid dienone is 4. The lowest BCUT2D eigenvalue weighted by Crippen LogP contribution is -2.36. The third-order valence-electron chi connectivity index (χ3n) is 5.31. The van der Waals surface area contributed by atoms with Crippen LogP contribution in [-0.4, -0.2) is 43.8 Å². The molecular weight excluding hydrogens is 392 g/mol. The van der Waals surface area contributed by atoms with Gasteiger partial charge in [0.2, 0.25) is 5.78 Å². The van der Waals surface area contributed by atoms with Crippen LogP contribution in [0.5, 0.6) is 0 Å². The van der Waals surface area contributed by atoms with Gasteiger partial charge in [-0.2, -0.15) is 0 Å². The number of benzene rings is 2. The van der Waals surface area contributed by atoms with E-state index in [0.29, 0.717) is 30.8 Å². The van der Waals surface area contributed by atoms with Crippen molar-refractivity contribution in [2.24, 2.45) is 11.1 Å². The van der Waals surface area contributed by atoms with Crippen molar-refractivity contribution in [3.8, 4) is 0 Å². The van der Waals surface area contributed by atoms with Gasteiger partial charge in [0.15, 0.2) is 0 Å². The first-order valence-electron chi connectivity index (χ1n) is 10.4. The average molecular weight is 416 g/mol. The van der Waals surface area contributed by atoms with Crippen LogP contribution in [0, 0.1) is 5.92 Å². The minimum Gasteiger partial charge on any atom is -0.378 e. The Hall–Kier alpha value is -3.51. The summed E-state index contributed by atoms with van der Waals surface area (Å²) >= 11 is 0. The largest absolute Gasteiger partial charge is 0.378 e. The van der Waals surface area contributed by atoms with Gasteiger partial charge in [0.05, 0.1) is 18.8 Å². The third kappa shape index (κ3) is 5.16. The standard InChI is InChI=1S/C25H24N2O4/c28-24(20-11-13-22(14-12-20)27-15-17-30-18-16-27)23(19-7-3-1-4-8-19)26-31-25(29)21-9-5-2-6-10-21/h1-7,9-14,19H,8,15-18H2/b26-23+. The summed E-state index contributed by atoms with van der Waals surface area (Å²) in [5.74, 6) is -1.09. The molecule has 0 N–H and O–H groups in total. The number of Topliss-reactive ketones (excluding diaryl/α,β-unsaturated/α-hetero) is 1. The van der Waals surface area contributed by atoms with E-state index in [1.54, 1.807) is 36.4 Å². The van der Waals surface area contributed by atoms with Crippen LogP contribution in [-0.2, 0) is 9.57 Å². The Balaban J connectivity index is 1.54. The molecule has 1 fully saturated rings. The van der Waals surface area contributed by atoms with Gasteiger partial charge in [0.25, 0.3) is 0 Å². The molecule has 4 rings (SSSR count). The fourth-order valence-electron chi connectivity index (χ4n) is 3.57. The molecule has 6 nitrogen and oxygen atoms in total. The second-order valence-corrected chi connectivity index (χ2v) is 7.35. The number of carbonyl (C=O) groups excluding carboxylic acids is 2. The van der Waals surface area contributed by atoms with Crippen LogP contribution in [0.1, 0.15) is 27.1 Å². The van der Waals surface area contributed by atoms with E-state index in [4.69, 9.17) is 9.57 Å². The number of ether oxygens (including phenoxy) is 1. The number of hydrogen-bond acceptors (Lipinski definition) is 6. The van der Waals surface area contributed by atoms with Crippen molar-refractivity contribution in [1.82, 2.24) is 0 Å². The predicted molar refractivity (Wildman–Crippen MR) is 119 cm³/mol. The lowest BCUT2D eigenvalue weighted by atomic mass is 9.90. The molecule has 1 saturated heterocycles. The number of rotatable bonds is 6. The highest BCUT2D eigenvalue weighted by atomic mass is 16.7. The molecule has 1 heterocycles. The molecule has 2 aliphatic rings. The van der Waals surface area contributed by atoms with Crippen molar-refractivity contribution in [3.63, 3.8) is 0 Å². The molecule has 0 aromatic heterocycles. The van der Waals surface area contributed by atoms with Crippen LogP contribution in [0.3, 0.4) is 0 Å². The maximum atomic E-state index is 13.3. The van der Waals surface area contributed by atoms with Crippen LogP contribution in [0.4, 0.5) is 5.69 Å². The number of anilines is 1. The quantitative estimate of drug-likeness (QED) is 0.308. The Morgan fingerprint density at radius 1 is 0.935 bits per heavy atom. The summed E-state index contributed by atoms with van der Waals surface area (Å²) in [5.41, 5.74) is 2.15. The SMILES string of the molecule is O=C(O/N=C(/C(=O)c1ccc(N2CCOCC2)cc1)C1C=CC=CC1)c1ccccc1. The first kappa shape index (κ1) is 20.8. The number of nitrogens with zero attached hydrogens (tertiary/aromatic N) is 2. The normalized spacial score (nSPS) is 18.6. The van der Waals surface area contributed by atoms with E-state index in [-0.39, 0.29) is 17.4 Å². The predicted octanol–water partition coefficient (Wildman–Crippen LogP) is 4.05. The zero-order valence-electron chi connectivity index (χ0n) is 17.1. The second-order valence-electron chi connectivity index (χ2n) is 7.35. The van der Waals surface area contributed by atoms with Crippen LogP contribution in [0.2, 0.25) is 0 Å². The number of oxime groups is 1. The van der Waals surface area contributed by atoms with Gasteiger partial charge in [-0.1, -0.05) is 47.7 Å². The highest BCUT2D eigenvalue weighted by Gasteiger charge is 2.24. The number of carbonyl (C=O) groups is 2. The zero-order chi connectivity index (χ0) is 21.5. The first-order chi connectivity index (χ1) is 15.2. The molecule has 31 heavy (non-hydrogen) atoms. The lowest BCUT2D eigenvalue weighted by molar-refractivity contribution is 0.0513. The van der Waals surface area contributed by atoms with E-state index in [1.165, 1.54) is 0 Å². The van der Waals surface area contributed by atoms with Crippen LogP contribution in [0.25, 0.3) is 0 Å². The average Bonchev–Trinajstić information content (AvgIpc) is 2.86. The highest BCUT2D eigenvalue weighted by molar-refractivity contribution is 6.47. The lowest BCUT2D eigenvalue weighted by Gasteiger charge is -2.28. The molecule has 1 unspecified atom stereocenters. The maximum Gasteiger partial charge on any atom is 0.365 e. The third-order valence-corrected chi connectivity index (χ3v) is 5.31. The Morgan fingerprint density at radius 2 is 1.68 bits per heavy atom. The van der Waals surface area contributed by atoms with Gasteiger partial charge in [-0.15, -0.1) is 0 Å². The monoisotopic (exact) mass is 416 g/mol. The van der Waals surface area contributed by atoms with Crippen LogP contribution < -0.4 is 4.90 Å². The van der Waals surface area contributed by atoms with Gasteiger partial charge >= 0.3 is 5.97 Å². The number of ketones is 1. The molecule has 1 aliphatic heterocycles. The minimum absolute atomic E-state index is 0.212. The summed E-state index contributed by atoms with van der Waals surface area (Å²) < 4.78 is 5.40. The summed E-state index contributed by atoms with van der Waals surface area (Å²) in [5, 5.41) is 4.02. The van der Waals surface area contributed by atoms with Crippen molar-refractivity contribution in [3.05, 3.63) is 90.0 Å². The molecule has 1 atom stereocenters. The molecular formula is C25H24N2O4. The van der Waals surface area contributed by atoms with Gasteiger partial charge in [-0.05, 0) is 42.8 Å². The molecule has 0 bridgehead atoms. The Bertz CT molecular complexity index is 1000. The summed E-state index contributed by atoms with van der Waals surface area (Å²) in [6.07, 6.45) is 8.28. The highest BCUT2D eigenvalue weighted by Crippen LogP contribution is 2.21. The van der Waals surface area contributed by atoms with E-state index in [0.717, 1.165) is 18.8 Å². The molecule has 2 aromatic rings. The zero-order valence-corrected chi connectivity index (χ0v) is 17.1. The Labute approximate surface area is 181 Å². The maximum absolute atomic E-state index is 13.3. The van der Waals surface area contributed by atoms with Crippen molar-refractivity contribution in [1.29, 1.82) is 0 Å². The van der Waals surface area contributed by atoms with Gasteiger partial charge in [-0.25, -0.2) is 4.79 Å². The van der Waals surface area contributed by atoms with Crippen molar-refractivity contribution in [2.75, 3.05) is 31.2 Å². The van der Waals surface area contributed by atoms with E-state index in [2.05, 4.69) is 10.1 Å². The molecule has 0 spiro atoms. The molecule has 1 aliphatic carbocycles. The summed E-state index contributed by atoms with van der Waals surface area (Å²) in [7, 11) is 0. The van der Waals surface area contributed by atoms with Gasteiger partial charge < -0.3 is 14.5 Å². The first-order valence-corrected chi connectivity index (χ1v) is 10.4. The van der Waals surface area contributed by atoms with E-state index in [1.807, 2.05) is 42.5 Å². The van der Waals surface area contributed by atoms with Gasteiger partial charge in [0.1, 0.15) is 5.71 Å². The second kappa shape index (κ2) is 10.00. The van der Waals surface area contributed by atoms with Gasteiger partial charge in [-0.3, -0.25) is 4.79 Å². The molecule has 0 radical (unpaired) electrons. The van der Waals surface area contributed by atoms with Crippen LogP contribution >= 0.6 is 0 Å². The fourth-order valence-corrected chi connectivity index (χ4v) is 3.57. The minimum atomic E-state index is -0.594. The van der Waals surface area contributed by atoms with E-state index in [9.17, 15) is 9.59 Å². The Kier molecular flexibility index (Phi) is 6.69. The van der Waals surface area contributed by atoms with Crippen molar-refractivity contribution < 1.29 is 19.2 Å². The summed E-state index contributed by atoms with van der Waals surface area (Å²) in [4.78, 5) is 33.0. The Morgan fingerprint density at radius 3 is 2.35 bits per heavy atom. The number of hydrogen-bond donors (Lipinski definition) is 0. The van der Waals surface area contributed by atoms with E-state index < -0.39 is 5.97 Å². The molecule has 0 saturated carbocycles. The molecule has 6 heteroatoms. The molecule has 0 amide bonds. The summed E-state index contributed by atoms with van der Waals surface area (Å²) in [6, 6.07) is 16.1. The van der Waals surface area contributed by atoms with E-state index >= 15 is 0 Å². The fraction of sp³-hybridized carbons (Fsp3) is 0.240. The molecule has 158 valence electrons. The van der Waals surface area contributed by atoms with Gasteiger partial charge in [0, 0.05) is 30.3 Å². The topological polar surface area (TPSA) is 68.2 Å². The van der Waals surface area contributed by atoms with Crippen LogP contribution in [0.15, 0.2) is 84.1 Å². The summed E-state index contributed by atoms with van der Waals surface area (Å²) in [6.45, 7) is 3.06.